The lowest BCUT2D eigenvalue weighted by Crippen LogP contribution is -2.43. The number of hydrogen-bond donors (Lipinski definition) is 1. The van der Waals surface area contributed by atoms with Crippen LogP contribution in [0.25, 0.3) is 6.08 Å². The van der Waals surface area contributed by atoms with Crippen LogP contribution in [0.15, 0.2) is 79.4 Å². The quantitative estimate of drug-likeness (QED) is 0.435. The summed E-state index contributed by atoms with van der Waals surface area (Å²) in [6, 6.07) is 13.1. The Kier molecular flexibility index (Phi) is 8.46. The van der Waals surface area contributed by atoms with Crippen LogP contribution in [0.5, 0.6) is 0 Å². The van der Waals surface area contributed by atoms with Crippen molar-refractivity contribution < 1.29 is 23.4 Å². The van der Waals surface area contributed by atoms with Crippen LogP contribution in [0.1, 0.15) is 18.1 Å². The number of rotatable bonds is 9. The maximum absolute atomic E-state index is 14.7. The molecule has 0 spiro atoms. The molecule has 1 aliphatic heterocycles. The van der Waals surface area contributed by atoms with E-state index < -0.39 is 28.8 Å². The average molecular weight is 500 g/mol. The van der Waals surface area contributed by atoms with Crippen molar-refractivity contribution >= 4 is 17.8 Å². The first-order chi connectivity index (χ1) is 16.9. The van der Waals surface area contributed by atoms with Crippen LogP contribution in [0.3, 0.4) is 0 Å². The lowest BCUT2D eigenvalue weighted by molar-refractivity contribution is -0.146. The third-order valence-electron chi connectivity index (χ3n) is 5.70. The maximum atomic E-state index is 14.7. The van der Waals surface area contributed by atoms with Crippen LogP contribution in [0, 0.1) is 11.6 Å². The summed E-state index contributed by atoms with van der Waals surface area (Å²) in [5, 5.41) is 15.1. The third kappa shape index (κ3) is 6.64. The van der Waals surface area contributed by atoms with Gasteiger partial charge < -0.3 is 14.6 Å². The summed E-state index contributed by atoms with van der Waals surface area (Å²) >= 11 is 1.42. The molecule has 6 nitrogen and oxygen atoms in total. The second kappa shape index (κ2) is 11.7. The van der Waals surface area contributed by atoms with Crippen molar-refractivity contribution in [2.75, 3.05) is 13.2 Å². The first-order valence-electron chi connectivity index (χ1n) is 11.2. The van der Waals surface area contributed by atoms with Gasteiger partial charge in [-0.3, -0.25) is 0 Å². The molecule has 1 aromatic heterocycles. The topological polar surface area (TPSA) is 69.4 Å². The monoisotopic (exact) mass is 499 g/mol. The normalized spacial score (nSPS) is 21.4. The molecule has 184 valence electrons. The highest BCUT2D eigenvalue weighted by atomic mass is 32.2. The molecule has 0 radical (unpaired) electrons. The van der Waals surface area contributed by atoms with Gasteiger partial charge in [-0.2, -0.15) is 5.10 Å². The molecule has 9 heteroatoms. The molecule has 2 atom stereocenters. The van der Waals surface area contributed by atoms with E-state index >= 15 is 0 Å². The van der Waals surface area contributed by atoms with Gasteiger partial charge in [-0.1, -0.05) is 61.5 Å². The van der Waals surface area contributed by atoms with E-state index in [2.05, 4.69) is 10.1 Å². The van der Waals surface area contributed by atoms with Gasteiger partial charge in [0, 0.05) is 16.9 Å². The number of ether oxygens (including phenoxy) is 2. The third-order valence-corrected chi connectivity index (χ3v) is 7.15. The van der Waals surface area contributed by atoms with Gasteiger partial charge in [0.25, 0.3) is 0 Å². The average Bonchev–Trinajstić information content (AvgIpc) is 3.36. The van der Waals surface area contributed by atoms with Gasteiger partial charge in [-0.25, -0.2) is 18.4 Å². The molecule has 1 saturated heterocycles. The minimum Gasteiger partial charge on any atom is -0.382 e. The Morgan fingerprint density at radius 1 is 1.17 bits per heavy atom. The molecule has 0 amide bonds. The zero-order valence-corrected chi connectivity index (χ0v) is 20.0. The SMILES string of the molecule is C[C@@H](SC1COC(/C=C/C=C/c2ccccc2)OC1)[C@](O)(Cn1cncn1)c1ccc(F)cc1F. The Morgan fingerprint density at radius 3 is 2.63 bits per heavy atom. The van der Waals surface area contributed by atoms with Crippen molar-refractivity contribution in [3.05, 3.63) is 102 Å². The fourth-order valence-electron chi connectivity index (χ4n) is 3.81. The minimum atomic E-state index is -1.67. The van der Waals surface area contributed by atoms with Crippen LogP contribution in [0.2, 0.25) is 0 Å². The molecule has 0 bridgehead atoms. The first-order valence-corrected chi connectivity index (χ1v) is 12.2. The van der Waals surface area contributed by atoms with Crippen molar-refractivity contribution in [3.63, 3.8) is 0 Å². The van der Waals surface area contributed by atoms with Crippen LogP contribution < -0.4 is 0 Å². The number of nitrogens with zero attached hydrogens (tertiary/aromatic N) is 3. The molecule has 1 N–H and O–H groups in total. The highest BCUT2D eigenvalue weighted by Gasteiger charge is 2.41. The Hall–Kier alpha value is -2.85. The molecule has 0 unspecified atom stereocenters. The lowest BCUT2D eigenvalue weighted by atomic mass is 9.90. The number of benzene rings is 2. The molecule has 1 aliphatic rings. The Morgan fingerprint density at radius 2 is 1.94 bits per heavy atom. The van der Waals surface area contributed by atoms with Gasteiger partial charge in [-0.15, -0.1) is 11.8 Å². The molecule has 2 heterocycles. The van der Waals surface area contributed by atoms with Gasteiger partial charge >= 0.3 is 0 Å². The van der Waals surface area contributed by atoms with E-state index in [1.54, 1.807) is 6.92 Å². The van der Waals surface area contributed by atoms with Gasteiger partial charge in [0.1, 0.15) is 29.9 Å². The van der Waals surface area contributed by atoms with Crippen LogP contribution >= 0.6 is 11.8 Å². The largest absolute Gasteiger partial charge is 0.382 e. The van der Waals surface area contributed by atoms with Crippen molar-refractivity contribution in [2.45, 2.75) is 35.9 Å². The van der Waals surface area contributed by atoms with Gasteiger partial charge in [-0.05, 0) is 17.7 Å². The molecule has 0 saturated carbocycles. The van der Waals surface area contributed by atoms with Crippen LogP contribution in [-0.4, -0.2) is 49.9 Å². The van der Waals surface area contributed by atoms with Gasteiger partial charge in [0.05, 0.1) is 25.0 Å². The van der Waals surface area contributed by atoms with E-state index in [-0.39, 0.29) is 17.4 Å². The maximum Gasteiger partial charge on any atom is 0.177 e. The zero-order chi connectivity index (χ0) is 24.7. The number of aliphatic hydroxyl groups is 1. The molecular weight excluding hydrogens is 472 g/mol. The highest BCUT2D eigenvalue weighted by molar-refractivity contribution is 8.00. The number of aromatic nitrogens is 3. The predicted molar refractivity (Wildman–Crippen MR) is 131 cm³/mol. The summed E-state index contributed by atoms with van der Waals surface area (Å²) in [6.45, 7) is 2.55. The highest BCUT2D eigenvalue weighted by Crippen LogP contribution is 2.38. The Bertz CT molecular complexity index is 1140. The van der Waals surface area contributed by atoms with Crippen molar-refractivity contribution in [1.29, 1.82) is 0 Å². The van der Waals surface area contributed by atoms with Crippen LogP contribution in [-0.2, 0) is 21.6 Å². The van der Waals surface area contributed by atoms with E-state index in [1.807, 2.05) is 54.6 Å². The van der Waals surface area contributed by atoms with Crippen molar-refractivity contribution in [2.24, 2.45) is 0 Å². The predicted octanol–water partition coefficient (Wildman–Crippen LogP) is 4.58. The number of hydrogen-bond acceptors (Lipinski definition) is 6. The van der Waals surface area contributed by atoms with Crippen molar-refractivity contribution in [3.8, 4) is 0 Å². The zero-order valence-electron chi connectivity index (χ0n) is 19.2. The van der Waals surface area contributed by atoms with Gasteiger partial charge in [0.15, 0.2) is 6.29 Å². The second-order valence-electron chi connectivity index (χ2n) is 8.23. The lowest BCUT2D eigenvalue weighted by Gasteiger charge is -2.37. The fourth-order valence-corrected chi connectivity index (χ4v) is 5.13. The minimum absolute atomic E-state index is 0.00180. The summed E-state index contributed by atoms with van der Waals surface area (Å²) in [6.07, 6.45) is 9.94. The number of allylic oxidation sites excluding steroid dienone is 2. The Labute approximate surface area is 207 Å². The molecular formula is C26H27F2N3O3S. The molecule has 35 heavy (non-hydrogen) atoms. The standard InChI is InChI=1S/C26H27F2N3O3S/c1-19(26(32,16-31-18-29-17-30-31)23-12-11-21(27)13-24(23)28)35-22-14-33-25(34-15-22)10-6-5-9-20-7-3-2-4-8-20/h2-13,17-19,22,25,32H,14-16H2,1H3/b9-5+,10-6+/t19-,22?,25?,26-/m1/s1. The summed E-state index contributed by atoms with van der Waals surface area (Å²) < 4.78 is 41.3. The summed E-state index contributed by atoms with van der Waals surface area (Å²) in [4.78, 5) is 3.90. The number of halogens is 2. The summed E-state index contributed by atoms with van der Waals surface area (Å²) in [5.41, 5.74) is -0.572. The summed E-state index contributed by atoms with van der Waals surface area (Å²) in [7, 11) is 0. The fraction of sp³-hybridized carbons (Fsp3) is 0.308. The molecule has 0 aliphatic carbocycles. The second-order valence-corrected chi connectivity index (χ2v) is 9.88. The van der Waals surface area contributed by atoms with Crippen LogP contribution in [0.4, 0.5) is 8.78 Å². The van der Waals surface area contributed by atoms with E-state index in [9.17, 15) is 13.9 Å². The van der Waals surface area contributed by atoms with E-state index in [4.69, 9.17) is 9.47 Å². The van der Waals surface area contributed by atoms with Gasteiger partial charge in [0.2, 0.25) is 0 Å². The van der Waals surface area contributed by atoms with Crippen molar-refractivity contribution in [1.82, 2.24) is 14.8 Å². The molecule has 1 fully saturated rings. The van der Waals surface area contributed by atoms with E-state index in [0.717, 1.165) is 17.7 Å². The smallest absolute Gasteiger partial charge is 0.177 e. The molecule has 4 rings (SSSR count). The first kappa shape index (κ1) is 25.2. The van der Waals surface area contributed by atoms with E-state index in [1.165, 1.54) is 35.2 Å². The summed E-state index contributed by atoms with van der Waals surface area (Å²) in [5.74, 6) is -1.52. The molecule has 3 aromatic rings. The number of thioether (sulfide) groups is 1. The molecule has 2 aromatic carbocycles. The van der Waals surface area contributed by atoms with E-state index in [0.29, 0.717) is 13.2 Å². The Balaban J connectivity index is 1.37.